The van der Waals surface area contributed by atoms with E-state index in [4.69, 9.17) is 10.8 Å². The summed E-state index contributed by atoms with van der Waals surface area (Å²) < 4.78 is 0. The number of hydrogen-bond acceptors (Lipinski definition) is 3. The lowest BCUT2D eigenvalue weighted by Gasteiger charge is -2.33. The summed E-state index contributed by atoms with van der Waals surface area (Å²) in [7, 11) is 0. The third-order valence-electron chi connectivity index (χ3n) is 4.25. The molecule has 1 aromatic rings. The highest BCUT2D eigenvalue weighted by molar-refractivity contribution is 6.03. The van der Waals surface area contributed by atoms with Crippen LogP contribution in [0.3, 0.4) is 0 Å². The molecule has 1 aliphatic carbocycles. The van der Waals surface area contributed by atoms with Gasteiger partial charge in [-0.3, -0.25) is 20.7 Å². The number of aromatic nitrogens is 1. The maximum atomic E-state index is 8.47. The molecule has 0 spiro atoms. The minimum Gasteiger partial charge on any atom is -0.291 e. The molecule has 0 aromatic carbocycles. The molecule has 4 heteroatoms. The predicted octanol–water partition coefficient (Wildman–Crippen LogP) is 4.99. The first-order valence-electron chi connectivity index (χ1n) is 8.40. The fourth-order valence-corrected chi connectivity index (χ4v) is 3.51. The van der Waals surface area contributed by atoms with Crippen LogP contribution in [0.25, 0.3) is 0 Å². The number of pyridine rings is 1. The van der Waals surface area contributed by atoms with Gasteiger partial charge in [0.25, 0.3) is 0 Å². The first-order chi connectivity index (χ1) is 11.2. The highest BCUT2D eigenvalue weighted by Crippen LogP contribution is 2.36. The van der Waals surface area contributed by atoms with E-state index in [2.05, 4.69) is 45.7 Å². The molecule has 1 atom stereocenters. The number of amidine groups is 1. The quantitative estimate of drug-likeness (QED) is 0.605. The fourth-order valence-electron chi connectivity index (χ4n) is 3.51. The maximum Gasteiger partial charge on any atom is 0.139 e. The van der Waals surface area contributed by atoms with Gasteiger partial charge in [-0.1, -0.05) is 26.8 Å². The fraction of sp³-hybridized carbons (Fsp3) is 0.450. The molecule has 0 bridgehead atoms. The van der Waals surface area contributed by atoms with Gasteiger partial charge in [0.2, 0.25) is 0 Å². The molecule has 0 fully saturated rings. The van der Waals surface area contributed by atoms with Gasteiger partial charge in [-0.2, -0.15) is 0 Å². The molecule has 24 heavy (non-hydrogen) atoms. The average molecular weight is 324 g/mol. The molecular weight excluding hydrogens is 296 g/mol. The number of nitrogens with one attached hydrogen (secondary N) is 2. The topological polar surface area (TPSA) is 63.8 Å². The lowest BCUT2D eigenvalue weighted by molar-refractivity contribution is 0.321. The second-order valence-corrected chi connectivity index (χ2v) is 7.80. The largest absolute Gasteiger partial charge is 0.291 e. The summed E-state index contributed by atoms with van der Waals surface area (Å²) in [6.07, 6.45) is 9.02. The lowest BCUT2D eigenvalue weighted by Crippen LogP contribution is -2.32. The Labute approximate surface area is 145 Å². The van der Waals surface area contributed by atoms with Gasteiger partial charge >= 0.3 is 0 Å². The molecule has 0 radical (unpaired) electrons. The zero-order chi connectivity index (χ0) is 17.9. The van der Waals surface area contributed by atoms with Crippen LogP contribution in [0, 0.1) is 22.2 Å². The van der Waals surface area contributed by atoms with E-state index >= 15 is 0 Å². The van der Waals surface area contributed by atoms with Gasteiger partial charge in [0, 0.05) is 18.0 Å². The Kier molecular flexibility index (Phi) is 5.37. The molecule has 1 aromatic heterocycles. The van der Waals surface area contributed by atoms with E-state index in [0.29, 0.717) is 16.9 Å². The van der Waals surface area contributed by atoms with Crippen LogP contribution in [0.15, 0.2) is 47.4 Å². The molecule has 0 aliphatic heterocycles. The van der Waals surface area contributed by atoms with Crippen LogP contribution >= 0.6 is 0 Å². The van der Waals surface area contributed by atoms with E-state index in [-0.39, 0.29) is 5.84 Å². The van der Waals surface area contributed by atoms with Crippen molar-refractivity contribution in [3.05, 3.63) is 53.0 Å². The Morgan fingerprint density at radius 3 is 2.58 bits per heavy atom. The van der Waals surface area contributed by atoms with Gasteiger partial charge < -0.3 is 0 Å². The van der Waals surface area contributed by atoms with Crippen LogP contribution in [-0.2, 0) is 0 Å². The van der Waals surface area contributed by atoms with Gasteiger partial charge in [0.05, 0.1) is 12.0 Å². The normalized spacial score (nSPS) is 18.2. The van der Waals surface area contributed by atoms with Crippen LogP contribution in [0.1, 0.15) is 53.0 Å². The summed E-state index contributed by atoms with van der Waals surface area (Å²) in [5.41, 5.74) is 4.37. The predicted molar refractivity (Wildman–Crippen MR) is 100 cm³/mol. The van der Waals surface area contributed by atoms with E-state index in [1.165, 1.54) is 11.9 Å². The third-order valence-corrected chi connectivity index (χ3v) is 4.25. The Balaban J connectivity index is 2.29. The van der Waals surface area contributed by atoms with Crippen molar-refractivity contribution in [1.82, 2.24) is 9.88 Å². The summed E-state index contributed by atoms with van der Waals surface area (Å²) in [6.45, 7) is 11.0. The van der Waals surface area contributed by atoms with Crippen LogP contribution in [0.4, 0.5) is 0 Å². The molecule has 1 unspecified atom stereocenters. The van der Waals surface area contributed by atoms with Crippen molar-refractivity contribution in [2.45, 2.75) is 47.5 Å². The molecule has 0 saturated carbocycles. The SMILES string of the molecule is CC1=CC(CC(C)(C)C)CC(C)=C1N(C=N)C(=N)c1cccnc1. The molecule has 0 saturated heterocycles. The Morgan fingerprint density at radius 1 is 1.38 bits per heavy atom. The monoisotopic (exact) mass is 324 g/mol. The van der Waals surface area contributed by atoms with E-state index in [9.17, 15) is 0 Å². The van der Waals surface area contributed by atoms with Crippen molar-refractivity contribution >= 4 is 12.2 Å². The number of rotatable bonds is 4. The van der Waals surface area contributed by atoms with Crippen LogP contribution in [-0.4, -0.2) is 22.1 Å². The third kappa shape index (κ3) is 4.19. The molecule has 0 amide bonds. The standard InChI is InChI=1S/C20H28N4/c1-14-9-16(11-20(3,4)5)10-15(2)18(14)24(13-21)19(22)17-7-6-8-23-12-17/h6-9,12-13,16,21-22H,10-11H2,1-5H3. The zero-order valence-corrected chi connectivity index (χ0v) is 15.4. The molecule has 4 nitrogen and oxygen atoms in total. The Bertz CT molecular complexity index is 677. The minimum atomic E-state index is 0.287. The van der Waals surface area contributed by atoms with Crippen molar-refractivity contribution in [2.75, 3.05) is 0 Å². The van der Waals surface area contributed by atoms with Crippen molar-refractivity contribution in [1.29, 1.82) is 10.8 Å². The number of hydrogen-bond donors (Lipinski definition) is 2. The van der Waals surface area contributed by atoms with E-state index in [0.717, 1.165) is 24.1 Å². The summed E-state index contributed by atoms with van der Waals surface area (Å²) in [5, 5.41) is 16.3. The first kappa shape index (κ1) is 18.1. The number of allylic oxidation sites excluding steroid dienone is 3. The van der Waals surface area contributed by atoms with Gasteiger partial charge in [0.15, 0.2) is 0 Å². The highest BCUT2D eigenvalue weighted by atomic mass is 15.2. The average Bonchev–Trinajstić information content (AvgIpc) is 2.49. The van der Waals surface area contributed by atoms with Gasteiger partial charge in [-0.05, 0) is 61.3 Å². The molecular formula is C20H28N4. The van der Waals surface area contributed by atoms with E-state index in [1.54, 1.807) is 17.3 Å². The second kappa shape index (κ2) is 7.12. The van der Waals surface area contributed by atoms with Crippen molar-refractivity contribution in [3.63, 3.8) is 0 Å². The molecule has 2 rings (SSSR count). The highest BCUT2D eigenvalue weighted by Gasteiger charge is 2.26. The van der Waals surface area contributed by atoms with E-state index < -0.39 is 0 Å². The van der Waals surface area contributed by atoms with Crippen molar-refractivity contribution < 1.29 is 0 Å². The molecule has 2 N–H and O–H groups in total. The van der Waals surface area contributed by atoms with E-state index in [1.807, 2.05) is 12.1 Å². The van der Waals surface area contributed by atoms with Crippen LogP contribution < -0.4 is 0 Å². The minimum absolute atomic E-state index is 0.287. The van der Waals surface area contributed by atoms with Crippen molar-refractivity contribution in [3.8, 4) is 0 Å². The summed E-state index contributed by atoms with van der Waals surface area (Å²) in [4.78, 5) is 5.74. The van der Waals surface area contributed by atoms with Gasteiger partial charge in [-0.15, -0.1) is 0 Å². The van der Waals surface area contributed by atoms with Gasteiger partial charge in [-0.25, -0.2) is 0 Å². The van der Waals surface area contributed by atoms with Crippen LogP contribution in [0.2, 0.25) is 0 Å². The maximum absolute atomic E-state index is 8.47. The zero-order valence-electron chi connectivity index (χ0n) is 15.4. The Morgan fingerprint density at radius 2 is 2.08 bits per heavy atom. The Hall–Kier alpha value is -2.23. The molecule has 1 heterocycles. The summed E-state index contributed by atoms with van der Waals surface area (Å²) >= 11 is 0. The van der Waals surface area contributed by atoms with Crippen LogP contribution in [0.5, 0.6) is 0 Å². The molecule has 128 valence electrons. The molecule has 1 aliphatic rings. The summed E-state index contributed by atoms with van der Waals surface area (Å²) in [6, 6.07) is 3.67. The second-order valence-electron chi connectivity index (χ2n) is 7.80. The lowest BCUT2D eigenvalue weighted by atomic mass is 9.78. The number of nitrogens with zero attached hydrogens (tertiary/aromatic N) is 2. The van der Waals surface area contributed by atoms with Crippen molar-refractivity contribution in [2.24, 2.45) is 11.3 Å². The first-order valence-corrected chi connectivity index (χ1v) is 8.40. The smallest absolute Gasteiger partial charge is 0.139 e. The summed E-state index contributed by atoms with van der Waals surface area (Å²) in [5.74, 6) is 0.809. The van der Waals surface area contributed by atoms with Gasteiger partial charge in [0.1, 0.15) is 5.84 Å².